The maximum Gasteiger partial charge on any atom is 0.229 e. The van der Waals surface area contributed by atoms with Crippen LogP contribution in [0.2, 0.25) is 0 Å². The molecule has 0 aromatic heterocycles. The van der Waals surface area contributed by atoms with Crippen LogP contribution in [0.1, 0.15) is 56.7 Å². The fourth-order valence-corrected chi connectivity index (χ4v) is 7.78. The molecule has 56 heavy (non-hydrogen) atoms. The Hall–Kier alpha value is -2.56. The fourth-order valence-electron chi connectivity index (χ4n) is 7.78. The minimum atomic E-state index is -1.96. The first-order chi connectivity index (χ1) is 26.6. The number of fused-ring (bicyclic) bond motifs is 3. The highest BCUT2D eigenvalue weighted by Gasteiger charge is 2.54. The van der Waals surface area contributed by atoms with Gasteiger partial charge in [-0.05, 0) is 56.9 Å². The van der Waals surface area contributed by atoms with E-state index in [1.165, 1.54) is 0 Å². The molecule has 0 bridgehead atoms. The monoisotopic (exact) mass is 796 g/mol. The van der Waals surface area contributed by atoms with Crippen molar-refractivity contribution in [2.75, 3.05) is 19.8 Å². The lowest BCUT2D eigenvalue weighted by Gasteiger charge is -2.48. The van der Waals surface area contributed by atoms with Gasteiger partial charge in [-0.25, -0.2) is 0 Å². The topological polar surface area (TPSA) is 267 Å². The van der Waals surface area contributed by atoms with Gasteiger partial charge in [0.15, 0.2) is 12.6 Å². The summed E-state index contributed by atoms with van der Waals surface area (Å²) in [6, 6.07) is 9.81. The van der Waals surface area contributed by atoms with Crippen molar-refractivity contribution >= 4 is 0 Å². The van der Waals surface area contributed by atoms with E-state index in [-0.39, 0.29) is 0 Å². The molecule has 10 N–H and O–H groups in total. The van der Waals surface area contributed by atoms with Crippen LogP contribution in [0.15, 0.2) is 30.3 Å². The summed E-state index contributed by atoms with van der Waals surface area (Å²) in [4.78, 5) is 0. The van der Waals surface area contributed by atoms with E-state index in [9.17, 15) is 51.1 Å². The molecular weight excluding hydrogens is 740 g/mol. The van der Waals surface area contributed by atoms with Crippen molar-refractivity contribution in [3.8, 4) is 22.6 Å². The summed E-state index contributed by atoms with van der Waals surface area (Å²) >= 11 is 0. The fraction of sp³-hybridized carbons (Fsp3) is 0.692. The zero-order valence-electron chi connectivity index (χ0n) is 31.8. The SMILES string of the molecule is CCCCCc1cc(O[C@@H]2O[C@H](CO)[C@@H](O)[C@H](O[C@@H]3O[C@H](CO)[C@@H](O)[C@H](O[C@@H]4O[C@H](CO)[C@@H](O)[C@H](O)[C@H]4O)[C@H]3O)[C@H]2O)c2c(c1)OC(C)(C)c1ccc(C)cc1-2. The third-order valence-electron chi connectivity index (χ3n) is 11.0. The van der Waals surface area contributed by atoms with Crippen LogP contribution in [0.25, 0.3) is 11.1 Å². The number of unbranched alkanes of at least 4 members (excludes halogenated alkanes) is 2. The summed E-state index contributed by atoms with van der Waals surface area (Å²) in [5.41, 5.74) is 3.57. The Bertz CT molecular complexity index is 1620. The van der Waals surface area contributed by atoms with Crippen LogP contribution < -0.4 is 9.47 Å². The number of hydrogen-bond donors (Lipinski definition) is 10. The van der Waals surface area contributed by atoms with Gasteiger partial charge in [0.2, 0.25) is 6.29 Å². The molecule has 17 heteroatoms. The average molecular weight is 797 g/mol. The lowest BCUT2D eigenvalue weighted by Crippen LogP contribution is -2.67. The van der Waals surface area contributed by atoms with E-state index in [0.717, 1.165) is 41.5 Å². The van der Waals surface area contributed by atoms with Gasteiger partial charge in [0.25, 0.3) is 0 Å². The number of ether oxygens (including phenoxy) is 7. The minimum absolute atomic E-state index is 0.303. The molecule has 0 saturated carbocycles. The second-order valence-electron chi connectivity index (χ2n) is 15.5. The molecule has 0 spiro atoms. The normalized spacial score (nSPS) is 38.0. The van der Waals surface area contributed by atoms with Crippen molar-refractivity contribution in [3.63, 3.8) is 0 Å². The van der Waals surface area contributed by atoms with Crippen molar-refractivity contribution in [2.45, 2.75) is 151 Å². The number of hydrogen-bond acceptors (Lipinski definition) is 17. The number of benzene rings is 2. The number of rotatable bonds is 13. The Morgan fingerprint density at radius 1 is 0.643 bits per heavy atom. The van der Waals surface area contributed by atoms with Gasteiger partial charge in [-0.1, -0.05) is 43.5 Å². The van der Waals surface area contributed by atoms with Gasteiger partial charge >= 0.3 is 0 Å². The van der Waals surface area contributed by atoms with Crippen LogP contribution in [0, 0.1) is 6.92 Å². The van der Waals surface area contributed by atoms with E-state index in [0.29, 0.717) is 23.5 Å². The molecule has 2 aromatic carbocycles. The number of aliphatic hydroxyl groups is 10. The lowest BCUT2D eigenvalue weighted by atomic mass is 9.84. The maximum absolute atomic E-state index is 11.8. The Balaban J connectivity index is 1.29. The second-order valence-corrected chi connectivity index (χ2v) is 15.5. The average Bonchev–Trinajstić information content (AvgIpc) is 3.16. The molecule has 0 unspecified atom stereocenters. The standard InChI is InChI=1S/C39H56O17/c1-5-6-7-8-18-12-21(26-19-11-17(2)9-10-20(19)39(3,4)56-22(26)13-18)50-37-32(48)34(28(44)24(15-41)52-37)55-38-33(49)35(29(45)25(16-42)53-38)54-36-31(47)30(46)27(43)23(14-40)51-36/h9-13,23-25,27-38,40-49H,5-8,14-16H2,1-4H3/t23-,24-,25-,27-,28-,29-,30+,31-,32-,33-,34+,35+,36+,37-,38+/m1/s1. The maximum atomic E-state index is 11.8. The van der Waals surface area contributed by atoms with Crippen LogP contribution in [-0.2, 0) is 35.7 Å². The summed E-state index contributed by atoms with van der Waals surface area (Å²) in [7, 11) is 0. The van der Waals surface area contributed by atoms with Crippen molar-refractivity contribution in [3.05, 3.63) is 47.0 Å². The van der Waals surface area contributed by atoms with Crippen molar-refractivity contribution in [1.29, 1.82) is 0 Å². The molecule has 3 saturated heterocycles. The molecule has 4 aliphatic heterocycles. The van der Waals surface area contributed by atoms with Crippen LogP contribution in [-0.4, -0.2) is 163 Å². The summed E-state index contributed by atoms with van der Waals surface area (Å²) in [5, 5.41) is 106. The quantitative estimate of drug-likeness (QED) is 0.107. The summed E-state index contributed by atoms with van der Waals surface area (Å²) < 4.78 is 41.6. The lowest BCUT2D eigenvalue weighted by molar-refractivity contribution is -0.378. The molecule has 3 fully saturated rings. The van der Waals surface area contributed by atoms with Crippen molar-refractivity contribution in [2.24, 2.45) is 0 Å². The van der Waals surface area contributed by atoms with Crippen molar-refractivity contribution < 1.29 is 84.2 Å². The van der Waals surface area contributed by atoms with Gasteiger partial charge in [-0.3, -0.25) is 0 Å². The second kappa shape index (κ2) is 17.7. The van der Waals surface area contributed by atoms with Crippen molar-refractivity contribution in [1.82, 2.24) is 0 Å². The molecule has 17 nitrogen and oxygen atoms in total. The van der Waals surface area contributed by atoms with Gasteiger partial charge in [-0.15, -0.1) is 0 Å². The summed E-state index contributed by atoms with van der Waals surface area (Å²) in [6.07, 6.45) is -21.9. The summed E-state index contributed by atoms with van der Waals surface area (Å²) in [6.45, 7) is 5.68. The highest BCUT2D eigenvalue weighted by atomic mass is 16.8. The molecule has 0 radical (unpaired) electrons. The van der Waals surface area contributed by atoms with Gasteiger partial charge in [0.05, 0.1) is 25.4 Å². The van der Waals surface area contributed by atoms with Crippen LogP contribution in [0.3, 0.4) is 0 Å². The highest BCUT2D eigenvalue weighted by Crippen LogP contribution is 2.51. The summed E-state index contributed by atoms with van der Waals surface area (Å²) in [5.74, 6) is 0.865. The van der Waals surface area contributed by atoms with Gasteiger partial charge < -0.3 is 84.2 Å². The molecule has 4 aliphatic rings. The Morgan fingerprint density at radius 2 is 1.20 bits per heavy atom. The van der Waals surface area contributed by atoms with E-state index < -0.39 is 118 Å². The minimum Gasteiger partial charge on any atom is -0.482 e. The first-order valence-electron chi connectivity index (χ1n) is 19.1. The predicted octanol–water partition coefficient (Wildman–Crippen LogP) is -1.15. The van der Waals surface area contributed by atoms with Gasteiger partial charge in [0, 0.05) is 5.56 Å². The van der Waals surface area contributed by atoms with Crippen LogP contribution in [0.4, 0.5) is 0 Å². The molecule has 4 heterocycles. The number of aliphatic hydroxyl groups excluding tert-OH is 10. The van der Waals surface area contributed by atoms with E-state index in [4.69, 9.17) is 33.2 Å². The predicted molar refractivity (Wildman–Crippen MR) is 193 cm³/mol. The molecule has 314 valence electrons. The molecule has 2 aromatic rings. The Kier molecular flexibility index (Phi) is 13.6. The molecule has 0 aliphatic carbocycles. The molecule has 15 atom stereocenters. The molecule has 0 amide bonds. The third-order valence-corrected chi connectivity index (χ3v) is 11.0. The van der Waals surface area contributed by atoms with Gasteiger partial charge in [-0.2, -0.15) is 0 Å². The van der Waals surface area contributed by atoms with Gasteiger partial charge in [0.1, 0.15) is 90.3 Å². The smallest absolute Gasteiger partial charge is 0.229 e. The number of aryl methyl sites for hydroxylation is 2. The first kappa shape index (κ1) is 43.0. The van der Waals surface area contributed by atoms with E-state index in [1.807, 2.05) is 51.1 Å². The zero-order chi connectivity index (χ0) is 40.6. The molecule has 6 rings (SSSR count). The first-order valence-corrected chi connectivity index (χ1v) is 19.1. The highest BCUT2D eigenvalue weighted by molar-refractivity contribution is 5.82. The van der Waals surface area contributed by atoms with E-state index in [1.54, 1.807) is 0 Å². The Morgan fingerprint density at radius 3 is 1.79 bits per heavy atom. The van der Waals surface area contributed by atoms with E-state index in [2.05, 4.69) is 6.92 Å². The van der Waals surface area contributed by atoms with Crippen LogP contribution in [0.5, 0.6) is 11.5 Å². The zero-order valence-corrected chi connectivity index (χ0v) is 31.8. The van der Waals surface area contributed by atoms with Crippen LogP contribution >= 0.6 is 0 Å². The molecular formula is C39H56O17. The third kappa shape index (κ3) is 8.45. The largest absolute Gasteiger partial charge is 0.482 e. The van der Waals surface area contributed by atoms with E-state index >= 15 is 0 Å². The Labute approximate surface area is 324 Å².